The minimum Gasteiger partial charge on any atom is -0.356 e. The molecule has 0 saturated heterocycles. The maximum atomic E-state index is 12.1. The van der Waals surface area contributed by atoms with Crippen LogP contribution in [0.3, 0.4) is 0 Å². The van der Waals surface area contributed by atoms with Crippen molar-refractivity contribution in [3.8, 4) is 0 Å². The number of aromatic amines is 1. The number of benzene rings is 1. The van der Waals surface area contributed by atoms with Crippen LogP contribution in [0.4, 0.5) is 0 Å². The van der Waals surface area contributed by atoms with Gasteiger partial charge in [-0.15, -0.1) is 0 Å². The fourth-order valence-corrected chi connectivity index (χ4v) is 2.23. The minimum absolute atomic E-state index is 0.0549. The molecule has 0 bridgehead atoms. The third kappa shape index (κ3) is 3.15. The molecule has 1 aromatic heterocycles. The number of amides is 1. The largest absolute Gasteiger partial charge is 0.356 e. The van der Waals surface area contributed by atoms with Gasteiger partial charge in [0.1, 0.15) is 5.69 Å². The molecule has 3 nitrogen and oxygen atoms in total. The van der Waals surface area contributed by atoms with Crippen LogP contribution in [0.5, 0.6) is 0 Å². The number of hydrogen-bond donors (Lipinski definition) is 1. The molecule has 1 heterocycles. The van der Waals surface area contributed by atoms with Crippen molar-refractivity contribution in [2.24, 2.45) is 0 Å². The van der Waals surface area contributed by atoms with Crippen LogP contribution in [0.25, 0.3) is 0 Å². The van der Waals surface area contributed by atoms with Gasteiger partial charge in [-0.2, -0.15) is 0 Å². The van der Waals surface area contributed by atoms with E-state index < -0.39 is 0 Å². The Kier molecular flexibility index (Phi) is 4.09. The Morgan fingerprint density at radius 2 is 2.22 bits per heavy atom. The Labute approximate surface area is 119 Å². The second-order valence-corrected chi connectivity index (χ2v) is 5.37. The second kappa shape index (κ2) is 5.59. The lowest BCUT2D eigenvalue weighted by atomic mass is 10.2. The summed E-state index contributed by atoms with van der Waals surface area (Å²) in [6.45, 7) is 0.524. The van der Waals surface area contributed by atoms with Gasteiger partial charge in [0.15, 0.2) is 0 Å². The summed E-state index contributed by atoms with van der Waals surface area (Å²) < 4.78 is 0.863. The van der Waals surface area contributed by atoms with Crippen LogP contribution in [0.1, 0.15) is 16.1 Å². The number of hydrogen-bond acceptors (Lipinski definition) is 1. The van der Waals surface area contributed by atoms with Crippen LogP contribution >= 0.6 is 27.5 Å². The van der Waals surface area contributed by atoms with Crippen LogP contribution in [0.15, 0.2) is 41.0 Å². The molecular formula is C13H12BrClN2O. The summed E-state index contributed by atoms with van der Waals surface area (Å²) in [6, 6.07) is 9.25. The predicted molar refractivity (Wildman–Crippen MR) is 75.7 cm³/mol. The molecule has 2 rings (SSSR count). The van der Waals surface area contributed by atoms with E-state index in [1.54, 1.807) is 24.2 Å². The molecule has 0 unspecified atom stereocenters. The number of nitrogens with one attached hydrogen (secondary N) is 1. The number of halogens is 2. The van der Waals surface area contributed by atoms with Crippen molar-refractivity contribution >= 4 is 33.4 Å². The molecule has 0 radical (unpaired) electrons. The SMILES string of the molecule is CN(Cc1cccc(Cl)c1)C(=O)c1cc(Br)c[nH]1. The van der Waals surface area contributed by atoms with E-state index >= 15 is 0 Å². The summed E-state index contributed by atoms with van der Waals surface area (Å²) in [5, 5.41) is 0.677. The average molecular weight is 328 g/mol. The van der Waals surface area contributed by atoms with Gasteiger partial charge >= 0.3 is 0 Å². The van der Waals surface area contributed by atoms with Gasteiger partial charge in [-0.3, -0.25) is 4.79 Å². The summed E-state index contributed by atoms with van der Waals surface area (Å²) in [6.07, 6.45) is 1.74. The van der Waals surface area contributed by atoms with Gasteiger partial charge in [-0.05, 0) is 39.7 Å². The molecular weight excluding hydrogens is 316 g/mol. The lowest BCUT2D eigenvalue weighted by Crippen LogP contribution is -2.26. The van der Waals surface area contributed by atoms with Crippen LogP contribution in [0, 0.1) is 0 Å². The summed E-state index contributed by atoms with van der Waals surface area (Å²) in [4.78, 5) is 16.7. The van der Waals surface area contributed by atoms with Crippen molar-refractivity contribution in [3.63, 3.8) is 0 Å². The lowest BCUT2D eigenvalue weighted by molar-refractivity contribution is 0.0780. The Balaban J connectivity index is 2.08. The monoisotopic (exact) mass is 326 g/mol. The van der Waals surface area contributed by atoms with E-state index in [1.165, 1.54) is 0 Å². The van der Waals surface area contributed by atoms with E-state index in [2.05, 4.69) is 20.9 Å². The van der Waals surface area contributed by atoms with Gasteiger partial charge in [0.05, 0.1) is 0 Å². The molecule has 2 aromatic rings. The van der Waals surface area contributed by atoms with Crippen LogP contribution < -0.4 is 0 Å². The Hall–Kier alpha value is -1.26. The van der Waals surface area contributed by atoms with Gasteiger partial charge in [-0.1, -0.05) is 23.7 Å². The quantitative estimate of drug-likeness (QED) is 0.916. The zero-order valence-electron chi connectivity index (χ0n) is 9.78. The fraction of sp³-hybridized carbons (Fsp3) is 0.154. The molecule has 94 valence electrons. The molecule has 0 aliphatic carbocycles. The number of rotatable bonds is 3. The molecule has 0 saturated carbocycles. The maximum absolute atomic E-state index is 12.1. The number of aromatic nitrogens is 1. The molecule has 1 amide bonds. The number of H-pyrrole nitrogens is 1. The van der Waals surface area contributed by atoms with Crippen molar-refractivity contribution in [2.45, 2.75) is 6.54 Å². The fourth-order valence-electron chi connectivity index (χ4n) is 1.68. The van der Waals surface area contributed by atoms with Gasteiger partial charge in [0.25, 0.3) is 5.91 Å². The van der Waals surface area contributed by atoms with Crippen molar-refractivity contribution < 1.29 is 4.79 Å². The van der Waals surface area contributed by atoms with E-state index in [1.807, 2.05) is 24.3 Å². The van der Waals surface area contributed by atoms with Gasteiger partial charge in [0, 0.05) is 29.3 Å². The van der Waals surface area contributed by atoms with Crippen LogP contribution in [-0.4, -0.2) is 22.8 Å². The molecule has 0 aliphatic rings. The maximum Gasteiger partial charge on any atom is 0.270 e. The third-order valence-corrected chi connectivity index (χ3v) is 3.23. The second-order valence-electron chi connectivity index (χ2n) is 4.02. The summed E-state index contributed by atoms with van der Waals surface area (Å²) >= 11 is 9.22. The van der Waals surface area contributed by atoms with Crippen molar-refractivity contribution in [3.05, 3.63) is 57.3 Å². The number of carbonyl (C=O) groups excluding carboxylic acids is 1. The first-order valence-corrected chi connectivity index (χ1v) is 6.57. The third-order valence-electron chi connectivity index (χ3n) is 2.53. The molecule has 0 fully saturated rings. The number of carbonyl (C=O) groups is 1. The highest BCUT2D eigenvalue weighted by molar-refractivity contribution is 9.10. The number of nitrogens with zero attached hydrogens (tertiary/aromatic N) is 1. The van der Waals surface area contributed by atoms with E-state index in [9.17, 15) is 4.79 Å². The highest BCUT2D eigenvalue weighted by Crippen LogP contribution is 2.15. The highest BCUT2D eigenvalue weighted by atomic mass is 79.9. The first-order valence-electron chi connectivity index (χ1n) is 5.40. The average Bonchev–Trinajstić information content (AvgIpc) is 2.75. The van der Waals surface area contributed by atoms with Gasteiger partial charge in [0.2, 0.25) is 0 Å². The van der Waals surface area contributed by atoms with Crippen LogP contribution in [-0.2, 0) is 6.54 Å². The highest BCUT2D eigenvalue weighted by Gasteiger charge is 2.13. The molecule has 0 atom stereocenters. The van der Waals surface area contributed by atoms with E-state index in [0.717, 1.165) is 10.0 Å². The van der Waals surface area contributed by atoms with Crippen molar-refractivity contribution in [2.75, 3.05) is 7.05 Å². The normalized spacial score (nSPS) is 10.4. The first-order chi connectivity index (χ1) is 8.56. The topological polar surface area (TPSA) is 36.1 Å². The smallest absolute Gasteiger partial charge is 0.270 e. The Morgan fingerprint density at radius 3 is 2.83 bits per heavy atom. The molecule has 0 spiro atoms. The Morgan fingerprint density at radius 1 is 1.44 bits per heavy atom. The van der Waals surface area contributed by atoms with E-state index in [4.69, 9.17) is 11.6 Å². The Bertz CT molecular complexity index is 568. The zero-order valence-corrected chi connectivity index (χ0v) is 12.1. The molecule has 5 heteroatoms. The molecule has 1 N–H and O–H groups in total. The summed E-state index contributed by atoms with van der Waals surface area (Å²) in [5.41, 5.74) is 1.57. The van der Waals surface area contributed by atoms with Gasteiger partial charge in [-0.25, -0.2) is 0 Å². The molecule has 18 heavy (non-hydrogen) atoms. The van der Waals surface area contributed by atoms with Crippen molar-refractivity contribution in [1.82, 2.24) is 9.88 Å². The molecule has 1 aromatic carbocycles. The van der Waals surface area contributed by atoms with E-state index in [0.29, 0.717) is 17.3 Å². The van der Waals surface area contributed by atoms with Crippen molar-refractivity contribution in [1.29, 1.82) is 0 Å². The molecule has 0 aliphatic heterocycles. The van der Waals surface area contributed by atoms with E-state index in [-0.39, 0.29) is 5.91 Å². The first kappa shape index (κ1) is 13.2. The minimum atomic E-state index is -0.0549. The van der Waals surface area contributed by atoms with Crippen LogP contribution in [0.2, 0.25) is 5.02 Å². The zero-order chi connectivity index (χ0) is 13.1. The summed E-state index contributed by atoms with van der Waals surface area (Å²) in [5.74, 6) is -0.0549. The summed E-state index contributed by atoms with van der Waals surface area (Å²) in [7, 11) is 1.76. The predicted octanol–water partition coefficient (Wildman–Crippen LogP) is 3.70. The van der Waals surface area contributed by atoms with Gasteiger partial charge < -0.3 is 9.88 Å². The lowest BCUT2D eigenvalue weighted by Gasteiger charge is -2.16. The standard InChI is InChI=1S/C13H12BrClN2O/c1-17(8-9-3-2-4-11(15)5-9)13(18)12-6-10(14)7-16-12/h2-7,16H,8H2,1H3.